The SMILES string of the molecule is O/N=C1\CCCc2[nH]ncc21. The van der Waals surface area contributed by atoms with Crippen molar-refractivity contribution in [1.82, 2.24) is 10.2 Å². The number of oxime groups is 1. The minimum Gasteiger partial charge on any atom is -0.411 e. The highest BCUT2D eigenvalue weighted by atomic mass is 16.4. The van der Waals surface area contributed by atoms with E-state index in [1.165, 1.54) is 0 Å². The maximum Gasteiger partial charge on any atom is 0.0902 e. The first-order valence-corrected chi connectivity index (χ1v) is 3.65. The van der Waals surface area contributed by atoms with E-state index in [-0.39, 0.29) is 0 Å². The van der Waals surface area contributed by atoms with Crippen LogP contribution in [-0.2, 0) is 6.42 Å². The molecule has 0 aromatic carbocycles. The van der Waals surface area contributed by atoms with Crippen molar-refractivity contribution in [1.29, 1.82) is 0 Å². The number of H-pyrrole nitrogens is 1. The molecule has 4 nitrogen and oxygen atoms in total. The zero-order chi connectivity index (χ0) is 7.68. The second-order valence-corrected chi connectivity index (χ2v) is 2.66. The smallest absolute Gasteiger partial charge is 0.0902 e. The van der Waals surface area contributed by atoms with Gasteiger partial charge >= 0.3 is 0 Å². The number of fused-ring (bicyclic) bond motifs is 1. The number of hydrogen-bond acceptors (Lipinski definition) is 3. The van der Waals surface area contributed by atoms with Crippen LogP contribution < -0.4 is 0 Å². The van der Waals surface area contributed by atoms with Gasteiger partial charge in [-0.25, -0.2) is 0 Å². The van der Waals surface area contributed by atoms with Crippen LogP contribution in [0, 0.1) is 0 Å². The molecule has 58 valence electrons. The number of nitrogens with zero attached hydrogens (tertiary/aromatic N) is 2. The fraction of sp³-hybridized carbons (Fsp3) is 0.429. The predicted molar refractivity (Wildman–Crippen MR) is 39.8 cm³/mol. The minimum atomic E-state index is 0.750. The van der Waals surface area contributed by atoms with Gasteiger partial charge < -0.3 is 5.21 Å². The largest absolute Gasteiger partial charge is 0.411 e. The summed E-state index contributed by atoms with van der Waals surface area (Å²) in [5.74, 6) is 0. The van der Waals surface area contributed by atoms with Crippen molar-refractivity contribution in [3.63, 3.8) is 0 Å². The molecule has 1 aliphatic carbocycles. The van der Waals surface area contributed by atoms with Crippen LogP contribution in [0.4, 0.5) is 0 Å². The molecule has 11 heavy (non-hydrogen) atoms. The van der Waals surface area contributed by atoms with E-state index in [1.807, 2.05) is 0 Å². The number of hydrogen-bond donors (Lipinski definition) is 2. The van der Waals surface area contributed by atoms with Gasteiger partial charge in [0.15, 0.2) is 0 Å². The number of nitrogens with one attached hydrogen (secondary N) is 1. The lowest BCUT2D eigenvalue weighted by atomic mass is 9.96. The molecular weight excluding hydrogens is 142 g/mol. The summed E-state index contributed by atoms with van der Waals surface area (Å²) in [4.78, 5) is 0. The summed E-state index contributed by atoms with van der Waals surface area (Å²) >= 11 is 0. The summed E-state index contributed by atoms with van der Waals surface area (Å²) < 4.78 is 0. The first-order chi connectivity index (χ1) is 5.42. The molecule has 0 aliphatic heterocycles. The Hall–Kier alpha value is -1.32. The fourth-order valence-corrected chi connectivity index (χ4v) is 1.42. The van der Waals surface area contributed by atoms with Gasteiger partial charge in [-0.1, -0.05) is 5.16 Å². The lowest BCUT2D eigenvalue weighted by molar-refractivity contribution is 0.317. The van der Waals surface area contributed by atoms with Crippen molar-refractivity contribution >= 4 is 5.71 Å². The second kappa shape index (κ2) is 2.38. The molecule has 1 aromatic rings. The average molecular weight is 151 g/mol. The molecule has 0 atom stereocenters. The topological polar surface area (TPSA) is 61.3 Å². The van der Waals surface area contributed by atoms with Gasteiger partial charge in [0.1, 0.15) is 0 Å². The van der Waals surface area contributed by atoms with Crippen LogP contribution >= 0.6 is 0 Å². The summed E-state index contributed by atoms with van der Waals surface area (Å²) in [6, 6.07) is 0. The quantitative estimate of drug-likeness (QED) is 0.428. The van der Waals surface area contributed by atoms with Crippen LogP contribution in [0.25, 0.3) is 0 Å². The standard InChI is InChI=1S/C7H9N3O/c11-10-7-3-1-2-6-5(7)4-8-9-6/h4,11H,1-3H2,(H,8,9)/b10-7+. The zero-order valence-electron chi connectivity index (χ0n) is 6.04. The van der Waals surface area contributed by atoms with E-state index in [0.717, 1.165) is 36.2 Å². The summed E-state index contributed by atoms with van der Waals surface area (Å²) in [5, 5.41) is 18.6. The van der Waals surface area contributed by atoms with Crippen molar-refractivity contribution in [2.75, 3.05) is 0 Å². The number of aryl methyl sites for hydroxylation is 1. The zero-order valence-corrected chi connectivity index (χ0v) is 6.04. The van der Waals surface area contributed by atoms with E-state index in [4.69, 9.17) is 5.21 Å². The Morgan fingerprint density at radius 3 is 3.27 bits per heavy atom. The molecule has 0 saturated carbocycles. The maximum absolute atomic E-state index is 8.60. The highest BCUT2D eigenvalue weighted by Crippen LogP contribution is 2.18. The van der Waals surface area contributed by atoms with Crippen molar-refractivity contribution in [2.45, 2.75) is 19.3 Å². The van der Waals surface area contributed by atoms with Crippen LogP contribution in [-0.4, -0.2) is 21.1 Å². The van der Waals surface area contributed by atoms with Crippen LogP contribution in [0.5, 0.6) is 0 Å². The van der Waals surface area contributed by atoms with Crippen molar-refractivity contribution in [2.24, 2.45) is 5.16 Å². The molecule has 0 bridgehead atoms. The summed E-state index contributed by atoms with van der Waals surface area (Å²) in [6.07, 6.45) is 4.61. The first-order valence-electron chi connectivity index (χ1n) is 3.65. The van der Waals surface area contributed by atoms with Crippen LogP contribution in [0.15, 0.2) is 11.4 Å². The van der Waals surface area contributed by atoms with Crippen LogP contribution in [0.1, 0.15) is 24.1 Å². The Balaban J connectivity index is 2.48. The van der Waals surface area contributed by atoms with Gasteiger partial charge in [0, 0.05) is 11.3 Å². The van der Waals surface area contributed by atoms with Gasteiger partial charge in [-0.3, -0.25) is 5.10 Å². The van der Waals surface area contributed by atoms with E-state index in [0.29, 0.717) is 0 Å². The Morgan fingerprint density at radius 1 is 1.55 bits per heavy atom. The third-order valence-electron chi connectivity index (χ3n) is 1.99. The highest BCUT2D eigenvalue weighted by molar-refractivity contribution is 6.01. The minimum absolute atomic E-state index is 0.750. The molecule has 0 radical (unpaired) electrons. The van der Waals surface area contributed by atoms with Crippen molar-refractivity contribution < 1.29 is 5.21 Å². The lowest BCUT2D eigenvalue weighted by Gasteiger charge is -2.10. The Morgan fingerprint density at radius 2 is 2.45 bits per heavy atom. The molecule has 2 rings (SSSR count). The molecular formula is C7H9N3O. The van der Waals surface area contributed by atoms with Crippen LogP contribution in [0.2, 0.25) is 0 Å². The Bertz CT molecular complexity index is 290. The van der Waals surface area contributed by atoms with Gasteiger partial charge in [-0.2, -0.15) is 5.10 Å². The molecule has 4 heteroatoms. The van der Waals surface area contributed by atoms with E-state index >= 15 is 0 Å². The third-order valence-corrected chi connectivity index (χ3v) is 1.99. The van der Waals surface area contributed by atoms with Gasteiger partial charge in [-0.05, 0) is 19.3 Å². The molecule has 1 aromatic heterocycles. The molecule has 0 fully saturated rings. The molecule has 0 spiro atoms. The normalized spacial score (nSPS) is 20.2. The molecule has 0 amide bonds. The number of aromatic nitrogens is 2. The van der Waals surface area contributed by atoms with Gasteiger partial charge in [0.05, 0.1) is 11.9 Å². The van der Waals surface area contributed by atoms with Crippen molar-refractivity contribution in [3.05, 3.63) is 17.5 Å². The predicted octanol–water partition coefficient (Wildman–Crippen LogP) is 0.924. The van der Waals surface area contributed by atoms with Gasteiger partial charge in [0.2, 0.25) is 0 Å². The summed E-state index contributed by atoms with van der Waals surface area (Å²) in [5.41, 5.74) is 2.81. The van der Waals surface area contributed by atoms with Gasteiger partial charge in [-0.15, -0.1) is 0 Å². The van der Waals surface area contributed by atoms with Gasteiger partial charge in [0.25, 0.3) is 0 Å². The monoisotopic (exact) mass is 151 g/mol. The van der Waals surface area contributed by atoms with E-state index in [1.54, 1.807) is 6.20 Å². The molecule has 0 unspecified atom stereocenters. The number of rotatable bonds is 0. The first kappa shape index (κ1) is 6.39. The lowest BCUT2D eigenvalue weighted by Crippen LogP contribution is -2.10. The van der Waals surface area contributed by atoms with Crippen molar-refractivity contribution in [3.8, 4) is 0 Å². The molecule has 1 heterocycles. The van der Waals surface area contributed by atoms with E-state index in [2.05, 4.69) is 15.4 Å². The average Bonchev–Trinajstić information content (AvgIpc) is 2.50. The maximum atomic E-state index is 8.60. The molecule has 1 aliphatic rings. The molecule has 2 N–H and O–H groups in total. The Labute approximate surface area is 63.9 Å². The summed E-state index contributed by atoms with van der Waals surface area (Å²) in [6.45, 7) is 0. The fourth-order valence-electron chi connectivity index (χ4n) is 1.42. The summed E-state index contributed by atoms with van der Waals surface area (Å²) in [7, 11) is 0. The molecule has 0 saturated heterocycles. The third kappa shape index (κ3) is 0.906. The van der Waals surface area contributed by atoms with Crippen LogP contribution in [0.3, 0.4) is 0 Å². The number of aromatic amines is 1. The Kier molecular flexibility index (Phi) is 1.38. The second-order valence-electron chi connectivity index (χ2n) is 2.66. The van der Waals surface area contributed by atoms with E-state index < -0.39 is 0 Å². The van der Waals surface area contributed by atoms with E-state index in [9.17, 15) is 0 Å². The highest BCUT2D eigenvalue weighted by Gasteiger charge is 2.16.